The molecule has 130 valence electrons. The second kappa shape index (κ2) is 7.63. The van der Waals surface area contributed by atoms with Crippen LogP contribution in [0.5, 0.6) is 0 Å². The SMILES string of the molecule is CC1CC(NC(=O)Cn2c(=O)[nH]c3ccccc3c2=O)CCN1.Cl. The summed E-state index contributed by atoms with van der Waals surface area (Å²) in [5, 5.41) is 6.62. The number of aromatic amines is 1. The molecular formula is C16H21ClN4O3. The average Bonchev–Trinajstić information content (AvgIpc) is 2.51. The van der Waals surface area contributed by atoms with E-state index < -0.39 is 11.2 Å². The zero-order valence-electron chi connectivity index (χ0n) is 13.4. The van der Waals surface area contributed by atoms with Crippen LogP contribution in [0.2, 0.25) is 0 Å². The van der Waals surface area contributed by atoms with E-state index in [1.54, 1.807) is 24.3 Å². The van der Waals surface area contributed by atoms with Crippen LogP contribution in [0.1, 0.15) is 19.8 Å². The first-order valence-electron chi connectivity index (χ1n) is 7.79. The fraction of sp³-hybridized carbons (Fsp3) is 0.438. The number of nitrogens with zero attached hydrogens (tertiary/aromatic N) is 1. The van der Waals surface area contributed by atoms with Crippen LogP contribution < -0.4 is 21.9 Å². The van der Waals surface area contributed by atoms with Gasteiger partial charge in [0.15, 0.2) is 0 Å². The third-order valence-corrected chi connectivity index (χ3v) is 4.18. The van der Waals surface area contributed by atoms with Crippen molar-refractivity contribution >= 4 is 29.2 Å². The van der Waals surface area contributed by atoms with Crippen molar-refractivity contribution in [2.24, 2.45) is 0 Å². The maximum absolute atomic E-state index is 12.4. The van der Waals surface area contributed by atoms with Crippen molar-refractivity contribution in [3.05, 3.63) is 45.1 Å². The van der Waals surface area contributed by atoms with Crippen LogP contribution in [-0.2, 0) is 11.3 Å². The van der Waals surface area contributed by atoms with E-state index in [4.69, 9.17) is 0 Å². The van der Waals surface area contributed by atoms with E-state index in [1.165, 1.54) is 0 Å². The summed E-state index contributed by atoms with van der Waals surface area (Å²) in [7, 11) is 0. The van der Waals surface area contributed by atoms with Crippen LogP contribution in [0.15, 0.2) is 33.9 Å². The van der Waals surface area contributed by atoms with Gasteiger partial charge in [-0.3, -0.25) is 14.2 Å². The predicted molar refractivity (Wildman–Crippen MR) is 94.7 cm³/mol. The lowest BCUT2D eigenvalue weighted by Crippen LogP contribution is -2.48. The summed E-state index contributed by atoms with van der Waals surface area (Å²) in [5.74, 6) is -0.313. The normalized spacial score (nSPS) is 20.4. The number of para-hydroxylation sites is 1. The molecule has 0 aliphatic carbocycles. The quantitative estimate of drug-likeness (QED) is 0.743. The monoisotopic (exact) mass is 352 g/mol. The molecule has 0 saturated carbocycles. The van der Waals surface area contributed by atoms with Crippen molar-refractivity contribution in [1.82, 2.24) is 20.2 Å². The summed E-state index contributed by atoms with van der Waals surface area (Å²) in [6.07, 6.45) is 1.69. The van der Waals surface area contributed by atoms with E-state index in [0.717, 1.165) is 24.0 Å². The number of piperidine rings is 1. The zero-order chi connectivity index (χ0) is 16.4. The molecule has 0 bridgehead atoms. The number of fused-ring (bicyclic) bond motifs is 1. The highest BCUT2D eigenvalue weighted by molar-refractivity contribution is 5.85. The minimum Gasteiger partial charge on any atom is -0.352 e. The molecule has 1 aromatic heterocycles. The van der Waals surface area contributed by atoms with Gasteiger partial charge < -0.3 is 15.6 Å². The molecular weight excluding hydrogens is 332 g/mol. The lowest BCUT2D eigenvalue weighted by Gasteiger charge is -2.28. The lowest BCUT2D eigenvalue weighted by molar-refractivity contribution is -0.122. The fourth-order valence-corrected chi connectivity index (χ4v) is 3.02. The first-order chi connectivity index (χ1) is 11.0. The molecule has 0 spiro atoms. The first-order valence-corrected chi connectivity index (χ1v) is 7.79. The Bertz CT molecular complexity index is 845. The van der Waals surface area contributed by atoms with Gasteiger partial charge in [-0.2, -0.15) is 0 Å². The van der Waals surface area contributed by atoms with Crippen LogP contribution in [-0.4, -0.2) is 34.1 Å². The standard InChI is InChI=1S/C16H20N4O3.ClH/c1-10-8-11(6-7-17-10)18-14(21)9-20-15(22)12-4-2-3-5-13(12)19-16(20)23;/h2-5,10-11,17H,6-9H2,1H3,(H,18,21)(H,19,23);1H. The molecule has 1 amide bonds. The Morgan fingerprint density at radius 3 is 2.83 bits per heavy atom. The van der Waals surface area contributed by atoms with Crippen LogP contribution in [0.25, 0.3) is 10.9 Å². The summed E-state index contributed by atoms with van der Waals surface area (Å²) < 4.78 is 0.947. The first kappa shape index (κ1) is 18.2. The second-order valence-electron chi connectivity index (χ2n) is 6.01. The van der Waals surface area contributed by atoms with Gasteiger partial charge in [0, 0.05) is 12.1 Å². The molecule has 1 aromatic carbocycles. The molecule has 2 unspecified atom stereocenters. The Morgan fingerprint density at radius 2 is 2.08 bits per heavy atom. The Morgan fingerprint density at radius 1 is 1.33 bits per heavy atom. The molecule has 3 rings (SSSR count). The number of carbonyl (C=O) groups excluding carboxylic acids is 1. The topological polar surface area (TPSA) is 96.0 Å². The zero-order valence-corrected chi connectivity index (χ0v) is 14.2. The van der Waals surface area contributed by atoms with E-state index in [-0.39, 0.29) is 30.9 Å². The van der Waals surface area contributed by atoms with E-state index in [2.05, 4.69) is 22.5 Å². The lowest BCUT2D eigenvalue weighted by atomic mass is 10.0. The molecule has 24 heavy (non-hydrogen) atoms. The molecule has 1 fully saturated rings. The molecule has 1 saturated heterocycles. The average molecular weight is 353 g/mol. The number of nitrogens with one attached hydrogen (secondary N) is 3. The van der Waals surface area contributed by atoms with Crippen molar-refractivity contribution in [2.45, 2.75) is 38.4 Å². The summed E-state index contributed by atoms with van der Waals surface area (Å²) in [4.78, 5) is 39.2. The van der Waals surface area contributed by atoms with E-state index in [1.807, 2.05) is 0 Å². The number of benzene rings is 1. The van der Waals surface area contributed by atoms with E-state index in [9.17, 15) is 14.4 Å². The van der Waals surface area contributed by atoms with Gasteiger partial charge in [-0.1, -0.05) is 12.1 Å². The van der Waals surface area contributed by atoms with Crippen LogP contribution >= 0.6 is 12.4 Å². The summed E-state index contributed by atoms with van der Waals surface area (Å²) in [5.41, 5.74) is -0.535. The predicted octanol–water partition coefficient (Wildman–Crippen LogP) is 0.368. The Hall–Kier alpha value is -2.12. The third kappa shape index (κ3) is 3.85. The Labute approximate surface area is 144 Å². The number of H-pyrrole nitrogens is 1. The Kier molecular flexibility index (Phi) is 5.80. The van der Waals surface area contributed by atoms with E-state index in [0.29, 0.717) is 16.9 Å². The van der Waals surface area contributed by atoms with Gasteiger partial charge >= 0.3 is 5.69 Å². The number of halogens is 1. The number of carbonyl (C=O) groups is 1. The van der Waals surface area contributed by atoms with Crippen LogP contribution in [0.4, 0.5) is 0 Å². The van der Waals surface area contributed by atoms with Crippen molar-refractivity contribution in [1.29, 1.82) is 0 Å². The molecule has 1 aliphatic rings. The molecule has 3 N–H and O–H groups in total. The van der Waals surface area contributed by atoms with Gasteiger partial charge in [0.2, 0.25) is 5.91 Å². The minimum absolute atomic E-state index is 0. The fourth-order valence-electron chi connectivity index (χ4n) is 3.02. The minimum atomic E-state index is -0.567. The summed E-state index contributed by atoms with van der Waals surface area (Å²) in [6, 6.07) is 7.19. The van der Waals surface area contributed by atoms with Gasteiger partial charge in [-0.15, -0.1) is 12.4 Å². The van der Waals surface area contributed by atoms with Gasteiger partial charge in [0.1, 0.15) is 6.54 Å². The number of hydrogen-bond acceptors (Lipinski definition) is 4. The smallest absolute Gasteiger partial charge is 0.329 e. The number of rotatable bonds is 3. The molecule has 2 aromatic rings. The van der Waals surface area contributed by atoms with Crippen molar-refractivity contribution in [2.75, 3.05) is 6.54 Å². The molecule has 8 heteroatoms. The highest BCUT2D eigenvalue weighted by atomic mass is 35.5. The van der Waals surface area contributed by atoms with Crippen molar-refractivity contribution in [3.63, 3.8) is 0 Å². The second-order valence-corrected chi connectivity index (χ2v) is 6.01. The molecule has 2 heterocycles. The molecule has 7 nitrogen and oxygen atoms in total. The highest BCUT2D eigenvalue weighted by Gasteiger charge is 2.20. The van der Waals surface area contributed by atoms with Crippen LogP contribution in [0, 0.1) is 0 Å². The van der Waals surface area contributed by atoms with E-state index >= 15 is 0 Å². The number of amides is 1. The number of aromatic nitrogens is 2. The largest absolute Gasteiger partial charge is 0.352 e. The number of hydrogen-bond donors (Lipinski definition) is 3. The third-order valence-electron chi connectivity index (χ3n) is 4.18. The maximum atomic E-state index is 12.4. The van der Waals surface area contributed by atoms with Crippen molar-refractivity contribution in [3.8, 4) is 0 Å². The van der Waals surface area contributed by atoms with Gasteiger partial charge in [0.05, 0.1) is 10.9 Å². The Balaban J connectivity index is 0.00000208. The highest BCUT2D eigenvalue weighted by Crippen LogP contribution is 2.08. The van der Waals surface area contributed by atoms with Crippen LogP contribution in [0.3, 0.4) is 0 Å². The summed E-state index contributed by atoms with van der Waals surface area (Å²) >= 11 is 0. The molecule has 0 radical (unpaired) electrons. The molecule has 1 aliphatic heterocycles. The summed E-state index contributed by atoms with van der Waals surface area (Å²) in [6.45, 7) is 2.65. The van der Waals surface area contributed by atoms with Gasteiger partial charge in [-0.25, -0.2) is 4.79 Å². The maximum Gasteiger partial charge on any atom is 0.329 e. The van der Waals surface area contributed by atoms with Gasteiger partial charge in [0.25, 0.3) is 5.56 Å². The van der Waals surface area contributed by atoms with Gasteiger partial charge in [-0.05, 0) is 38.4 Å². The van der Waals surface area contributed by atoms with Crippen molar-refractivity contribution < 1.29 is 4.79 Å². The molecule has 2 atom stereocenters.